The summed E-state index contributed by atoms with van der Waals surface area (Å²) in [6.45, 7) is 3.79. The molecule has 1 rings (SSSR count). The Bertz CT molecular complexity index is 321. The van der Waals surface area contributed by atoms with Gasteiger partial charge in [0.15, 0.2) is 0 Å². The molecule has 70 valence electrons. The lowest BCUT2D eigenvalue weighted by molar-refractivity contribution is 0.402. The van der Waals surface area contributed by atoms with Gasteiger partial charge in [0.25, 0.3) is 0 Å². The van der Waals surface area contributed by atoms with E-state index >= 15 is 0 Å². The van der Waals surface area contributed by atoms with Gasteiger partial charge < -0.3 is 9.47 Å². The van der Waals surface area contributed by atoms with Gasteiger partial charge in [-0.3, -0.25) is 0 Å². The second-order valence-corrected chi connectivity index (χ2v) is 3.43. The summed E-state index contributed by atoms with van der Waals surface area (Å²) in [6, 6.07) is 5.56. The van der Waals surface area contributed by atoms with E-state index in [4.69, 9.17) is 9.47 Å². The van der Waals surface area contributed by atoms with Crippen molar-refractivity contribution in [1.82, 2.24) is 0 Å². The standard InChI is InChI=1S/C10H11BrO2/c1-7(11)9-6-8(12-2)4-5-10(9)13-3/h4-6H,1H2,2-3H3. The fourth-order valence-corrected chi connectivity index (χ4v) is 1.34. The number of hydrogen-bond donors (Lipinski definition) is 0. The molecule has 0 radical (unpaired) electrons. The van der Waals surface area contributed by atoms with Gasteiger partial charge in [0.1, 0.15) is 11.5 Å². The summed E-state index contributed by atoms with van der Waals surface area (Å²) < 4.78 is 11.0. The average Bonchev–Trinajstić information content (AvgIpc) is 2.16. The van der Waals surface area contributed by atoms with Gasteiger partial charge in [-0.25, -0.2) is 0 Å². The molecule has 0 aliphatic heterocycles. The third kappa shape index (κ3) is 2.25. The van der Waals surface area contributed by atoms with Crippen molar-refractivity contribution in [2.24, 2.45) is 0 Å². The minimum atomic E-state index is 0.780. The summed E-state index contributed by atoms with van der Waals surface area (Å²) >= 11 is 3.31. The van der Waals surface area contributed by atoms with Crippen molar-refractivity contribution in [2.75, 3.05) is 14.2 Å². The van der Waals surface area contributed by atoms with Crippen molar-refractivity contribution in [3.63, 3.8) is 0 Å². The maximum absolute atomic E-state index is 5.16. The van der Waals surface area contributed by atoms with Crippen LogP contribution in [-0.4, -0.2) is 14.2 Å². The van der Waals surface area contributed by atoms with Crippen LogP contribution in [0.25, 0.3) is 4.48 Å². The number of hydrogen-bond acceptors (Lipinski definition) is 2. The number of halogens is 1. The maximum Gasteiger partial charge on any atom is 0.127 e. The molecule has 0 amide bonds. The molecule has 13 heavy (non-hydrogen) atoms. The maximum atomic E-state index is 5.16. The Morgan fingerprint density at radius 3 is 2.46 bits per heavy atom. The molecular formula is C10H11BrO2. The van der Waals surface area contributed by atoms with Crippen LogP contribution in [0.5, 0.6) is 11.5 Å². The van der Waals surface area contributed by atoms with Crippen molar-refractivity contribution in [3.05, 3.63) is 30.3 Å². The van der Waals surface area contributed by atoms with E-state index in [1.807, 2.05) is 18.2 Å². The summed E-state index contributed by atoms with van der Waals surface area (Å²) in [5.41, 5.74) is 0.904. The third-order valence-electron chi connectivity index (χ3n) is 1.70. The second-order valence-electron chi connectivity index (χ2n) is 2.47. The Labute approximate surface area is 86.3 Å². The van der Waals surface area contributed by atoms with Gasteiger partial charge in [-0.05, 0) is 18.2 Å². The van der Waals surface area contributed by atoms with Gasteiger partial charge >= 0.3 is 0 Å². The molecule has 0 N–H and O–H groups in total. The van der Waals surface area contributed by atoms with Crippen LogP contribution in [0.3, 0.4) is 0 Å². The fourth-order valence-electron chi connectivity index (χ4n) is 1.03. The minimum Gasteiger partial charge on any atom is -0.497 e. The number of ether oxygens (including phenoxy) is 2. The predicted octanol–water partition coefficient (Wildman–Crippen LogP) is 3.07. The third-order valence-corrected chi connectivity index (χ3v) is 2.13. The molecule has 0 aliphatic rings. The highest BCUT2D eigenvalue weighted by atomic mass is 79.9. The fraction of sp³-hybridized carbons (Fsp3) is 0.200. The van der Waals surface area contributed by atoms with E-state index < -0.39 is 0 Å². The van der Waals surface area contributed by atoms with Crippen molar-refractivity contribution in [2.45, 2.75) is 0 Å². The summed E-state index contributed by atoms with van der Waals surface area (Å²) in [6.07, 6.45) is 0. The van der Waals surface area contributed by atoms with Gasteiger partial charge in [0.2, 0.25) is 0 Å². The zero-order valence-electron chi connectivity index (χ0n) is 7.63. The van der Waals surface area contributed by atoms with E-state index in [1.165, 1.54) is 0 Å². The van der Waals surface area contributed by atoms with Gasteiger partial charge in [-0.15, -0.1) is 0 Å². The molecule has 0 aromatic heterocycles. The summed E-state index contributed by atoms with van der Waals surface area (Å²) in [7, 11) is 3.25. The second kappa shape index (κ2) is 4.33. The van der Waals surface area contributed by atoms with Crippen LogP contribution in [0.2, 0.25) is 0 Å². The normalized spacial score (nSPS) is 9.46. The van der Waals surface area contributed by atoms with E-state index in [-0.39, 0.29) is 0 Å². The van der Waals surface area contributed by atoms with Crippen LogP contribution in [-0.2, 0) is 0 Å². The summed E-state index contributed by atoms with van der Waals surface area (Å²) in [5.74, 6) is 1.57. The SMILES string of the molecule is C=C(Br)c1cc(OC)ccc1OC. The Hall–Kier alpha value is -0.960. The van der Waals surface area contributed by atoms with E-state index in [1.54, 1.807) is 14.2 Å². The van der Waals surface area contributed by atoms with Crippen molar-refractivity contribution in [1.29, 1.82) is 0 Å². The van der Waals surface area contributed by atoms with Crippen LogP contribution in [0.15, 0.2) is 24.8 Å². The summed E-state index contributed by atoms with van der Waals surface area (Å²) in [4.78, 5) is 0. The first-order chi connectivity index (χ1) is 6.19. The lowest BCUT2D eigenvalue weighted by Gasteiger charge is -2.08. The largest absolute Gasteiger partial charge is 0.497 e. The average molecular weight is 243 g/mol. The molecule has 0 heterocycles. The zero-order valence-corrected chi connectivity index (χ0v) is 9.22. The molecule has 0 spiro atoms. The topological polar surface area (TPSA) is 18.5 Å². The molecule has 2 nitrogen and oxygen atoms in total. The van der Waals surface area contributed by atoms with Crippen molar-refractivity contribution >= 4 is 20.4 Å². The minimum absolute atomic E-state index is 0.780. The van der Waals surface area contributed by atoms with Crippen LogP contribution in [0.1, 0.15) is 5.56 Å². The van der Waals surface area contributed by atoms with Crippen LogP contribution in [0.4, 0.5) is 0 Å². The quantitative estimate of drug-likeness (QED) is 0.812. The van der Waals surface area contributed by atoms with E-state index in [2.05, 4.69) is 22.5 Å². The Morgan fingerprint density at radius 1 is 1.31 bits per heavy atom. The lowest BCUT2D eigenvalue weighted by Crippen LogP contribution is -1.90. The monoisotopic (exact) mass is 242 g/mol. The van der Waals surface area contributed by atoms with Crippen molar-refractivity contribution in [3.8, 4) is 11.5 Å². The first-order valence-electron chi connectivity index (χ1n) is 3.76. The Balaban J connectivity index is 3.18. The molecule has 0 atom stereocenters. The van der Waals surface area contributed by atoms with Gasteiger partial charge in [0, 0.05) is 10.0 Å². The highest BCUT2D eigenvalue weighted by Gasteiger charge is 2.05. The van der Waals surface area contributed by atoms with E-state index in [9.17, 15) is 0 Å². The van der Waals surface area contributed by atoms with Crippen LogP contribution in [0, 0.1) is 0 Å². The van der Waals surface area contributed by atoms with Crippen LogP contribution < -0.4 is 9.47 Å². The Morgan fingerprint density at radius 2 is 2.00 bits per heavy atom. The van der Waals surface area contributed by atoms with E-state index in [0.717, 1.165) is 21.5 Å². The molecule has 1 aromatic carbocycles. The van der Waals surface area contributed by atoms with Crippen LogP contribution >= 0.6 is 15.9 Å². The van der Waals surface area contributed by atoms with Gasteiger partial charge in [-0.1, -0.05) is 22.5 Å². The molecule has 0 bridgehead atoms. The molecule has 0 aliphatic carbocycles. The highest BCUT2D eigenvalue weighted by molar-refractivity contribution is 9.15. The number of methoxy groups -OCH3 is 2. The predicted molar refractivity (Wildman–Crippen MR) is 57.5 cm³/mol. The number of benzene rings is 1. The molecular weight excluding hydrogens is 232 g/mol. The molecule has 0 unspecified atom stereocenters. The summed E-state index contributed by atoms with van der Waals surface area (Å²) in [5, 5.41) is 0. The smallest absolute Gasteiger partial charge is 0.127 e. The zero-order chi connectivity index (χ0) is 9.84. The van der Waals surface area contributed by atoms with E-state index in [0.29, 0.717) is 0 Å². The Kier molecular flexibility index (Phi) is 3.37. The number of rotatable bonds is 3. The van der Waals surface area contributed by atoms with Gasteiger partial charge in [-0.2, -0.15) is 0 Å². The highest BCUT2D eigenvalue weighted by Crippen LogP contribution is 2.31. The molecule has 1 aromatic rings. The lowest BCUT2D eigenvalue weighted by atomic mass is 10.2. The molecule has 0 saturated carbocycles. The first kappa shape index (κ1) is 10.1. The molecule has 3 heteroatoms. The first-order valence-corrected chi connectivity index (χ1v) is 4.55. The van der Waals surface area contributed by atoms with Crippen molar-refractivity contribution < 1.29 is 9.47 Å². The van der Waals surface area contributed by atoms with Gasteiger partial charge in [0.05, 0.1) is 14.2 Å². The molecule has 0 fully saturated rings. The molecule has 0 saturated heterocycles.